The lowest BCUT2D eigenvalue weighted by Gasteiger charge is -1.89. The lowest BCUT2D eigenvalue weighted by molar-refractivity contribution is 1.14. The number of para-hydroxylation sites is 1. The molecule has 2 aromatic carbocycles. The van der Waals surface area contributed by atoms with Crippen molar-refractivity contribution in [3.05, 3.63) is 66.2 Å². The summed E-state index contributed by atoms with van der Waals surface area (Å²) in [6, 6.07) is 19.9. The van der Waals surface area contributed by atoms with Crippen molar-refractivity contribution in [1.82, 2.24) is 0 Å². The number of benzene rings is 2. The van der Waals surface area contributed by atoms with Crippen LogP contribution < -0.4 is 5.73 Å². The molecule has 15 heavy (non-hydrogen) atoms. The highest BCUT2D eigenvalue weighted by molar-refractivity contribution is 5.35. The van der Waals surface area contributed by atoms with Crippen LogP contribution in [0, 0.1) is 0 Å². The molecule has 0 unspecified atom stereocenters. The summed E-state index contributed by atoms with van der Waals surface area (Å²) in [6.45, 7) is 2.16. The SMILES string of the molecule is CCc1ccccc1.Nc1ccccc1. The standard InChI is InChI=1S/C8H10.C6H7N/c1-2-8-6-4-3-5-7-8;7-6-4-2-1-3-5-6/h3-7H,2H2,1H3;1-5H,7H2. The molecule has 0 saturated carbocycles. The van der Waals surface area contributed by atoms with Crippen LogP contribution in [-0.2, 0) is 6.42 Å². The first-order chi connectivity index (χ1) is 7.33. The van der Waals surface area contributed by atoms with E-state index in [1.807, 2.05) is 36.4 Å². The van der Waals surface area contributed by atoms with Crippen LogP contribution in [0.5, 0.6) is 0 Å². The topological polar surface area (TPSA) is 26.0 Å². The Labute approximate surface area is 91.6 Å². The van der Waals surface area contributed by atoms with E-state index < -0.39 is 0 Å². The zero-order chi connectivity index (χ0) is 10.9. The van der Waals surface area contributed by atoms with Crippen LogP contribution in [0.15, 0.2) is 60.7 Å². The third kappa shape index (κ3) is 4.87. The minimum absolute atomic E-state index is 0.822. The lowest BCUT2D eigenvalue weighted by Crippen LogP contribution is -1.79. The van der Waals surface area contributed by atoms with Gasteiger partial charge in [0.1, 0.15) is 0 Å². The smallest absolute Gasteiger partial charge is 0.0313 e. The van der Waals surface area contributed by atoms with E-state index in [4.69, 9.17) is 5.73 Å². The maximum absolute atomic E-state index is 5.36. The molecule has 0 amide bonds. The van der Waals surface area contributed by atoms with Crippen LogP contribution >= 0.6 is 0 Å². The second-order valence-electron chi connectivity index (χ2n) is 3.25. The molecule has 1 nitrogen and oxygen atoms in total. The van der Waals surface area contributed by atoms with Crippen LogP contribution in [0.2, 0.25) is 0 Å². The Morgan fingerprint density at radius 1 is 0.800 bits per heavy atom. The van der Waals surface area contributed by atoms with E-state index in [-0.39, 0.29) is 0 Å². The van der Waals surface area contributed by atoms with Crippen molar-refractivity contribution < 1.29 is 0 Å². The number of nitrogens with two attached hydrogens (primary N) is 1. The maximum atomic E-state index is 5.36. The van der Waals surface area contributed by atoms with Gasteiger partial charge in [0.05, 0.1) is 0 Å². The summed E-state index contributed by atoms with van der Waals surface area (Å²) in [7, 11) is 0. The fourth-order valence-electron chi connectivity index (χ4n) is 1.17. The third-order valence-electron chi connectivity index (χ3n) is 2.05. The van der Waals surface area contributed by atoms with Crippen molar-refractivity contribution >= 4 is 5.69 Å². The molecule has 0 aliphatic rings. The lowest BCUT2D eigenvalue weighted by atomic mass is 10.2. The quantitative estimate of drug-likeness (QED) is 0.699. The van der Waals surface area contributed by atoms with E-state index in [9.17, 15) is 0 Å². The van der Waals surface area contributed by atoms with Gasteiger partial charge in [-0.05, 0) is 24.1 Å². The fraction of sp³-hybridized carbons (Fsp3) is 0.143. The second-order valence-corrected chi connectivity index (χ2v) is 3.25. The van der Waals surface area contributed by atoms with Gasteiger partial charge in [-0.3, -0.25) is 0 Å². The summed E-state index contributed by atoms with van der Waals surface area (Å²) in [5.74, 6) is 0. The Kier molecular flexibility index (Phi) is 5.02. The van der Waals surface area contributed by atoms with Gasteiger partial charge in [-0.25, -0.2) is 0 Å². The average Bonchev–Trinajstić information content (AvgIpc) is 2.32. The second kappa shape index (κ2) is 6.66. The van der Waals surface area contributed by atoms with Gasteiger partial charge in [0.2, 0.25) is 0 Å². The first-order valence-corrected chi connectivity index (χ1v) is 5.17. The Morgan fingerprint density at radius 2 is 1.27 bits per heavy atom. The minimum atomic E-state index is 0.822. The first-order valence-electron chi connectivity index (χ1n) is 5.17. The van der Waals surface area contributed by atoms with Crippen molar-refractivity contribution in [2.24, 2.45) is 0 Å². The summed E-state index contributed by atoms with van der Waals surface area (Å²) >= 11 is 0. The number of rotatable bonds is 1. The summed E-state index contributed by atoms with van der Waals surface area (Å²) < 4.78 is 0. The molecule has 2 N–H and O–H groups in total. The molecule has 0 atom stereocenters. The van der Waals surface area contributed by atoms with Gasteiger partial charge in [-0.15, -0.1) is 0 Å². The van der Waals surface area contributed by atoms with Gasteiger partial charge in [-0.2, -0.15) is 0 Å². The molecule has 0 heterocycles. The molecular formula is C14H17N. The van der Waals surface area contributed by atoms with E-state index >= 15 is 0 Å². The predicted molar refractivity (Wildman–Crippen MR) is 66.7 cm³/mol. The molecule has 0 aliphatic carbocycles. The van der Waals surface area contributed by atoms with Gasteiger partial charge in [0.25, 0.3) is 0 Å². The van der Waals surface area contributed by atoms with Gasteiger partial charge < -0.3 is 5.73 Å². The minimum Gasteiger partial charge on any atom is -0.399 e. The Bertz CT molecular complexity index is 354. The van der Waals surface area contributed by atoms with Crippen molar-refractivity contribution in [3.8, 4) is 0 Å². The number of nitrogen functional groups attached to an aromatic ring is 1. The van der Waals surface area contributed by atoms with E-state index in [2.05, 4.69) is 31.2 Å². The van der Waals surface area contributed by atoms with Crippen molar-refractivity contribution in [2.75, 3.05) is 5.73 Å². The summed E-state index contributed by atoms with van der Waals surface area (Å²) in [4.78, 5) is 0. The van der Waals surface area contributed by atoms with E-state index in [1.165, 1.54) is 5.56 Å². The molecule has 0 fully saturated rings. The van der Waals surface area contributed by atoms with Crippen LogP contribution in [0.3, 0.4) is 0 Å². The number of hydrogen-bond donors (Lipinski definition) is 1. The molecule has 0 aliphatic heterocycles. The normalized spacial score (nSPS) is 8.87. The van der Waals surface area contributed by atoms with Crippen LogP contribution in [0.4, 0.5) is 5.69 Å². The highest BCUT2D eigenvalue weighted by Crippen LogP contribution is 1.97. The van der Waals surface area contributed by atoms with E-state index in [0.29, 0.717) is 0 Å². The highest BCUT2D eigenvalue weighted by atomic mass is 14.5. The first kappa shape index (κ1) is 11.3. The van der Waals surface area contributed by atoms with Crippen LogP contribution in [0.1, 0.15) is 12.5 Å². The molecule has 0 radical (unpaired) electrons. The van der Waals surface area contributed by atoms with Gasteiger partial charge >= 0.3 is 0 Å². The highest BCUT2D eigenvalue weighted by Gasteiger charge is 1.79. The molecule has 1 heteroatoms. The number of hydrogen-bond acceptors (Lipinski definition) is 1. The maximum Gasteiger partial charge on any atom is 0.0313 e. The van der Waals surface area contributed by atoms with Crippen LogP contribution in [-0.4, -0.2) is 0 Å². The molecule has 78 valence electrons. The van der Waals surface area contributed by atoms with E-state index in [0.717, 1.165) is 12.1 Å². The van der Waals surface area contributed by atoms with Crippen molar-refractivity contribution in [3.63, 3.8) is 0 Å². The molecule has 0 aromatic heterocycles. The third-order valence-corrected chi connectivity index (χ3v) is 2.05. The van der Waals surface area contributed by atoms with Gasteiger partial charge in [0.15, 0.2) is 0 Å². The Hall–Kier alpha value is -1.76. The fourth-order valence-corrected chi connectivity index (χ4v) is 1.17. The summed E-state index contributed by atoms with van der Waals surface area (Å²) in [5, 5.41) is 0. The zero-order valence-corrected chi connectivity index (χ0v) is 9.06. The number of aryl methyl sites for hydroxylation is 1. The largest absolute Gasteiger partial charge is 0.399 e. The molecule has 2 aromatic rings. The molecule has 0 saturated heterocycles. The zero-order valence-electron chi connectivity index (χ0n) is 9.06. The molecule has 0 spiro atoms. The molecule has 2 rings (SSSR count). The molecule has 0 bridgehead atoms. The Balaban J connectivity index is 0.000000151. The van der Waals surface area contributed by atoms with Gasteiger partial charge in [0, 0.05) is 5.69 Å². The number of anilines is 1. The van der Waals surface area contributed by atoms with Crippen LogP contribution in [0.25, 0.3) is 0 Å². The van der Waals surface area contributed by atoms with Crippen molar-refractivity contribution in [1.29, 1.82) is 0 Å². The monoisotopic (exact) mass is 199 g/mol. The predicted octanol–water partition coefficient (Wildman–Crippen LogP) is 3.52. The van der Waals surface area contributed by atoms with E-state index in [1.54, 1.807) is 0 Å². The Morgan fingerprint density at radius 3 is 1.53 bits per heavy atom. The summed E-state index contributed by atoms with van der Waals surface area (Å²) in [5.41, 5.74) is 7.59. The molecular weight excluding hydrogens is 182 g/mol. The summed E-state index contributed by atoms with van der Waals surface area (Å²) in [6.07, 6.45) is 1.14. The van der Waals surface area contributed by atoms with Gasteiger partial charge in [-0.1, -0.05) is 55.5 Å². The average molecular weight is 199 g/mol. The van der Waals surface area contributed by atoms with Crippen molar-refractivity contribution in [2.45, 2.75) is 13.3 Å².